The number of benzene rings is 1. The second-order valence-electron chi connectivity index (χ2n) is 4.20. The van der Waals surface area contributed by atoms with Gasteiger partial charge in [-0.25, -0.2) is 13.6 Å². The molecule has 8 nitrogen and oxygen atoms in total. The summed E-state index contributed by atoms with van der Waals surface area (Å²) in [6.45, 7) is 0. The van der Waals surface area contributed by atoms with E-state index in [-0.39, 0.29) is 16.3 Å². The molecule has 21 heavy (non-hydrogen) atoms. The lowest BCUT2D eigenvalue weighted by Gasteiger charge is -2.04. The highest BCUT2D eigenvalue weighted by atomic mass is 32.2. The van der Waals surface area contributed by atoms with Gasteiger partial charge in [-0.05, 0) is 24.3 Å². The molecule has 2 aromatic rings. The third-order valence-electron chi connectivity index (χ3n) is 2.61. The number of carbonyl (C=O) groups is 1. The number of nitrogens with two attached hydrogens (primary N) is 1. The normalized spacial score (nSPS) is 10.9. The van der Waals surface area contributed by atoms with Crippen molar-refractivity contribution < 1.29 is 13.2 Å². The minimum atomic E-state index is -3.99. The molecule has 0 saturated carbocycles. The van der Waals surface area contributed by atoms with Gasteiger partial charge in [0.25, 0.3) is 5.91 Å². The van der Waals surface area contributed by atoms with Gasteiger partial charge in [0.15, 0.2) is 5.82 Å². The Labute approximate surface area is 120 Å². The number of anilines is 1. The van der Waals surface area contributed by atoms with Crippen LogP contribution in [0.3, 0.4) is 0 Å². The van der Waals surface area contributed by atoms with E-state index >= 15 is 0 Å². The van der Waals surface area contributed by atoms with Gasteiger partial charge in [0, 0.05) is 18.8 Å². The minimum absolute atomic E-state index is 0.144. The van der Waals surface area contributed by atoms with E-state index in [9.17, 15) is 13.2 Å². The van der Waals surface area contributed by atoms with Crippen molar-refractivity contribution in [2.75, 3.05) is 5.32 Å². The van der Waals surface area contributed by atoms with Crippen LogP contribution in [-0.4, -0.2) is 24.1 Å². The van der Waals surface area contributed by atoms with Crippen molar-refractivity contribution in [3.8, 4) is 6.07 Å². The molecule has 0 radical (unpaired) electrons. The summed E-state index contributed by atoms with van der Waals surface area (Å²) < 4.78 is 24.0. The van der Waals surface area contributed by atoms with Crippen LogP contribution in [0, 0.1) is 11.3 Å². The van der Waals surface area contributed by atoms with Crippen LogP contribution in [0.2, 0.25) is 0 Å². The van der Waals surface area contributed by atoms with Gasteiger partial charge in [0.2, 0.25) is 10.0 Å². The van der Waals surface area contributed by atoms with Crippen LogP contribution in [0.1, 0.15) is 15.9 Å². The summed E-state index contributed by atoms with van der Waals surface area (Å²) in [5.41, 5.74) is 0.676. The summed E-state index contributed by atoms with van der Waals surface area (Å²) in [6.07, 6.45) is 1.20. The first-order valence-electron chi connectivity index (χ1n) is 5.69. The Kier molecular flexibility index (Phi) is 3.75. The molecule has 0 aliphatic carbocycles. The van der Waals surface area contributed by atoms with Crippen LogP contribution in [0.25, 0.3) is 0 Å². The molecule has 1 aromatic carbocycles. The van der Waals surface area contributed by atoms with Gasteiger partial charge < -0.3 is 5.32 Å². The summed E-state index contributed by atoms with van der Waals surface area (Å²) in [5, 5.41) is 20.0. The van der Waals surface area contributed by atoms with Gasteiger partial charge in [0.05, 0.1) is 11.6 Å². The molecule has 0 bridgehead atoms. The molecule has 9 heteroatoms. The van der Waals surface area contributed by atoms with Crippen molar-refractivity contribution in [1.82, 2.24) is 9.78 Å². The Morgan fingerprint density at radius 1 is 1.38 bits per heavy atom. The zero-order valence-corrected chi connectivity index (χ0v) is 11.8. The van der Waals surface area contributed by atoms with Crippen molar-refractivity contribution in [1.29, 1.82) is 5.26 Å². The summed E-state index contributed by atoms with van der Waals surface area (Å²) >= 11 is 0. The quantitative estimate of drug-likeness (QED) is 0.835. The Balaban J connectivity index is 2.30. The van der Waals surface area contributed by atoms with Gasteiger partial charge >= 0.3 is 0 Å². The molecule has 0 aliphatic heterocycles. The number of nitriles is 1. The number of aryl methyl sites for hydroxylation is 1. The highest BCUT2D eigenvalue weighted by molar-refractivity contribution is 7.89. The summed E-state index contributed by atoms with van der Waals surface area (Å²) in [5.74, 6) is -0.697. The molecule has 0 atom stereocenters. The van der Waals surface area contributed by atoms with Crippen molar-refractivity contribution in [2.24, 2.45) is 12.2 Å². The summed E-state index contributed by atoms with van der Waals surface area (Å²) in [4.78, 5) is 11.8. The Bertz CT molecular complexity index is 831. The van der Waals surface area contributed by atoms with Crippen molar-refractivity contribution in [3.05, 3.63) is 41.6 Å². The van der Waals surface area contributed by atoms with Crippen molar-refractivity contribution in [2.45, 2.75) is 4.90 Å². The molecular weight excluding hydrogens is 294 g/mol. The topological polar surface area (TPSA) is 131 Å². The number of primary sulfonamides is 1. The van der Waals surface area contributed by atoms with E-state index in [1.54, 1.807) is 0 Å². The number of sulfonamides is 1. The first-order valence-corrected chi connectivity index (χ1v) is 7.24. The number of hydrogen-bond donors (Lipinski definition) is 2. The summed E-state index contributed by atoms with van der Waals surface area (Å²) in [6, 6.07) is 7.80. The predicted octanol–water partition coefficient (Wildman–Crippen LogP) is 0.191. The lowest BCUT2D eigenvalue weighted by atomic mass is 10.1. The summed E-state index contributed by atoms with van der Waals surface area (Å²) in [7, 11) is -2.49. The predicted molar refractivity (Wildman–Crippen MR) is 73.7 cm³/mol. The van der Waals surface area contributed by atoms with E-state index in [1.807, 2.05) is 6.07 Å². The number of nitrogens with zero attached hydrogens (tertiary/aromatic N) is 3. The van der Waals surface area contributed by atoms with Crippen LogP contribution in [0.15, 0.2) is 35.4 Å². The van der Waals surface area contributed by atoms with Gasteiger partial charge in [-0.15, -0.1) is 0 Å². The van der Waals surface area contributed by atoms with Gasteiger partial charge in [-0.1, -0.05) is 0 Å². The molecule has 2 rings (SSSR count). The fraction of sp³-hybridized carbons (Fsp3) is 0.0833. The molecule has 0 spiro atoms. The number of rotatable bonds is 3. The highest BCUT2D eigenvalue weighted by Crippen LogP contribution is 2.18. The second kappa shape index (κ2) is 5.35. The lowest BCUT2D eigenvalue weighted by Crippen LogP contribution is -2.17. The number of nitrogens with one attached hydrogen (secondary N) is 1. The maximum Gasteiger partial charge on any atom is 0.256 e. The Morgan fingerprint density at radius 3 is 2.52 bits per heavy atom. The monoisotopic (exact) mass is 305 g/mol. The molecule has 0 saturated heterocycles. The van der Waals surface area contributed by atoms with E-state index in [2.05, 4.69) is 10.4 Å². The SMILES string of the molecule is Cn1cc(S(N)(=O)=O)c(NC(=O)c2ccc(C#N)cc2)n1. The standard InChI is InChI=1S/C12H11N5O3S/c1-17-7-10(21(14,19)20)11(16-17)15-12(18)9-4-2-8(6-13)3-5-9/h2-5,7H,1H3,(H2,14,19,20)(H,15,16,18). The van der Waals surface area contributed by atoms with E-state index < -0.39 is 15.9 Å². The maximum absolute atomic E-state index is 12.0. The van der Waals surface area contributed by atoms with Crippen LogP contribution in [-0.2, 0) is 17.1 Å². The van der Waals surface area contributed by atoms with Crippen LogP contribution < -0.4 is 10.5 Å². The number of amides is 1. The average Bonchev–Trinajstić information content (AvgIpc) is 2.79. The van der Waals surface area contributed by atoms with Crippen molar-refractivity contribution >= 4 is 21.7 Å². The molecule has 0 fully saturated rings. The minimum Gasteiger partial charge on any atom is -0.304 e. The van der Waals surface area contributed by atoms with Gasteiger partial charge in [-0.3, -0.25) is 9.48 Å². The highest BCUT2D eigenvalue weighted by Gasteiger charge is 2.20. The van der Waals surface area contributed by atoms with E-state index in [4.69, 9.17) is 10.4 Å². The molecular formula is C12H11N5O3S. The first kappa shape index (κ1) is 14.7. The first-order chi connectivity index (χ1) is 9.81. The van der Waals surface area contributed by atoms with E-state index in [1.165, 1.54) is 42.2 Å². The zero-order valence-electron chi connectivity index (χ0n) is 10.9. The molecule has 3 N–H and O–H groups in total. The molecule has 1 heterocycles. The fourth-order valence-electron chi connectivity index (χ4n) is 1.64. The lowest BCUT2D eigenvalue weighted by molar-refractivity contribution is 0.102. The Hall–Kier alpha value is -2.70. The average molecular weight is 305 g/mol. The smallest absolute Gasteiger partial charge is 0.256 e. The van der Waals surface area contributed by atoms with Crippen LogP contribution in [0.4, 0.5) is 5.82 Å². The van der Waals surface area contributed by atoms with Crippen molar-refractivity contribution in [3.63, 3.8) is 0 Å². The molecule has 0 aliphatic rings. The van der Waals surface area contributed by atoms with Gasteiger partial charge in [-0.2, -0.15) is 10.4 Å². The maximum atomic E-state index is 12.0. The Morgan fingerprint density at radius 2 is 2.00 bits per heavy atom. The molecule has 108 valence electrons. The number of hydrogen-bond acceptors (Lipinski definition) is 5. The fourth-order valence-corrected chi connectivity index (χ4v) is 2.30. The number of aromatic nitrogens is 2. The van der Waals surface area contributed by atoms with Crippen LogP contribution in [0.5, 0.6) is 0 Å². The molecule has 1 aromatic heterocycles. The second-order valence-corrected chi connectivity index (χ2v) is 5.73. The number of carbonyl (C=O) groups excluding carboxylic acids is 1. The van der Waals surface area contributed by atoms with E-state index in [0.29, 0.717) is 5.56 Å². The third kappa shape index (κ3) is 3.25. The molecule has 1 amide bonds. The van der Waals surface area contributed by atoms with E-state index in [0.717, 1.165) is 0 Å². The molecule has 0 unspecified atom stereocenters. The third-order valence-corrected chi connectivity index (χ3v) is 3.52. The van der Waals surface area contributed by atoms with Crippen LogP contribution >= 0.6 is 0 Å². The van der Waals surface area contributed by atoms with Gasteiger partial charge in [0.1, 0.15) is 4.90 Å². The largest absolute Gasteiger partial charge is 0.304 e. The zero-order chi connectivity index (χ0) is 15.6.